The van der Waals surface area contributed by atoms with E-state index in [1.807, 2.05) is 0 Å². The molecule has 0 aliphatic carbocycles. The second-order valence-electron chi connectivity index (χ2n) is 6.06. The normalized spacial score (nSPS) is 24.1. The first-order valence-corrected chi connectivity index (χ1v) is 7.72. The van der Waals surface area contributed by atoms with E-state index in [2.05, 4.69) is 0 Å². The van der Waals surface area contributed by atoms with Crippen LogP contribution in [0.5, 0.6) is 0 Å². The Labute approximate surface area is 147 Å². The SMILES string of the molecule is NCC(=O)N1CCCC12CCN([C@@H](CCC(N)=O)C(N)=O)C2=O.S. The van der Waals surface area contributed by atoms with E-state index in [9.17, 15) is 19.2 Å². The van der Waals surface area contributed by atoms with E-state index in [4.69, 9.17) is 17.2 Å². The Balaban J connectivity index is 0.00000288. The van der Waals surface area contributed by atoms with E-state index < -0.39 is 23.4 Å². The van der Waals surface area contributed by atoms with Crippen LogP contribution in [0.4, 0.5) is 0 Å². The van der Waals surface area contributed by atoms with Crippen LogP contribution in [-0.2, 0) is 19.2 Å². The summed E-state index contributed by atoms with van der Waals surface area (Å²) in [6.45, 7) is 0.646. The Hall–Kier alpha value is -1.81. The number of amides is 4. The summed E-state index contributed by atoms with van der Waals surface area (Å²) in [6.07, 6.45) is 1.77. The number of likely N-dealkylation sites (tertiary alicyclic amines) is 2. The van der Waals surface area contributed by atoms with Gasteiger partial charge in [-0.15, -0.1) is 0 Å². The van der Waals surface area contributed by atoms with Crippen molar-refractivity contribution < 1.29 is 19.2 Å². The van der Waals surface area contributed by atoms with Gasteiger partial charge in [-0.1, -0.05) is 0 Å². The van der Waals surface area contributed by atoms with E-state index in [1.54, 1.807) is 0 Å². The zero-order chi connectivity index (χ0) is 17.2. The first-order valence-electron chi connectivity index (χ1n) is 7.72. The van der Waals surface area contributed by atoms with E-state index in [0.717, 1.165) is 0 Å². The highest BCUT2D eigenvalue weighted by atomic mass is 32.1. The second kappa shape index (κ2) is 7.84. The molecule has 9 nitrogen and oxygen atoms in total. The fourth-order valence-electron chi connectivity index (χ4n) is 3.64. The zero-order valence-electron chi connectivity index (χ0n) is 13.5. The van der Waals surface area contributed by atoms with E-state index >= 15 is 0 Å². The molecule has 136 valence electrons. The quantitative estimate of drug-likeness (QED) is 0.490. The van der Waals surface area contributed by atoms with Gasteiger partial charge in [0.15, 0.2) is 0 Å². The van der Waals surface area contributed by atoms with Crippen molar-refractivity contribution in [1.29, 1.82) is 0 Å². The van der Waals surface area contributed by atoms with Gasteiger partial charge < -0.3 is 27.0 Å². The average molecular weight is 359 g/mol. The molecule has 6 N–H and O–H groups in total. The number of nitrogens with zero attached hydrogens (tertiary/aromatic N) is 2. The summed E-state index contributed by atoms with van der Waals surface area (Å²) in [6, 6.07) is -0.884. The molecule has 2 saturated heterocycles. The average Bonchev–Trinajstić information content (AvgIpc) is 3.06. The maximum absolute atomic E-state index is 12.9. The first-order chi connectivity index (χ1) is 10.8. The molecule has 0 saturated carbocycles. The van der Waals surface area contributed by atoms with Gasteiger partial charge in [0.05, 0.1) is 6.54 Å². The molecule has 2 aliphatic rings. The summed E-state index contributed by atoms with van der Waals surface area (Å²) in [5.41, 5.74) is 15.0. The molecule has 0 radical (unpaired) electrons. The van der Waals surface area contributed by atoms with Crippen molar-refractivity contribution in [2.75, 3.05) is 19.6 Å². The van der Waals surface area contributed by atoms with Crippen LogP contribution in [0.2, 0.25) is 0 Å². The summed E-state index contributed by atoms with van der Waals surface area (Å²) < 4.78 is 0. The maximum atomic E-state index is 12.9. The minimum absolute atomic E-state index is 0. The third-order valence-corrected chi connectivity index (χ3v) is 4.76. The monoisotopic (exact) mass is 359 g/mol. The summed E-state index contributed by atoms with van der Waals surface area (Å²) in [5.74, 6) is -1.79. The van der Waals surface area contributed by atoms with Crippen LogP contribution in [0.1, 0.15) is 32.1 Å². The number of rotatable bonds is 6. The molecular weight excluding hydrogens is 334 g/mol. The summed E-state index contributed by atoms with van der Waals surface area (Å²) >= 11 is 0. The molecule has 2 rings (SSSR count). The van der Waals surface area contributed by atoms with Gasteiger partial charge in [-0.05, 0) is 25.7 Å². The number of hydrogen-bond acceptors (Lipinski definition) is 5. The third kappa shape index (κ3) is 3.48. The molecule has 10 heteroatoms. The summed E-state index contributed by atoms with van der Waals surface area (Å²) in [5, 5.41) is 0. The number of carbonyl (C=O) groups is 4. The number of primary amides is 2. The molecule has 2 fully saturated rings. The van der Waals surface area contributed by atoms with Crippen LogP contribution in [-0.4, -0.2) is 64.6 Å². The molecule has 0 bridgehead atoms. The van der Waals surface area contributed by atoms with Crippen molar-refractivity contribution in [2.45, 2.75) is 43.7 Å². The molecular formula is C14H25N5O4S. The molecule has 0 aromatic heterocycles. The Morgan fingerprint density at radius 3 is 2.38 bits per heavy atom. The topological polar surface area (TPSA) is 153 Å². The van der Waals surface area contributed by atoms with Crippen LogP contribution in [0.15, 0.2) is 0 Å². The fourth-order valence-corrected chi connectivity index (χ4v) is 3.64. The predicted molar refractivity (Wildman–Crippen MR) is 90.9 cm³/mol. The molecule has 24 heavy (non-hydrogen) atoms. The lowest BCUT2D eigenvalue weighted by Gasteiger charge is -2.34. The van der Waals surface area contributed by atoms with Crippen molar-refractivity contribution in [2.24, 2.45) is 17.2 Å². The van der Waals surface area contributed by atoms with Gasteiger partial charge >= 0.3 is 0 Å². The van der Waals surface area contributed by atoms with E-state index in [-0.39, 0.29) is 44.7 Å². The zero-order valence-corrected chi connectivity index (χ0v) is 14.5. The van der Waals surface area contributed by atoms with Gasteiger partial charge in [0, 0.05) is 19.5 Å². The number of nitrogens with two attached hydrogens (primary N) is 3. The maximum Gasteiger partial charge on any atom is 0.249 e. The first kappa shape index (κ1) is 20.2. The molecule has 2 heterocycles. The van der Waals surface area contributed by atoms with Gasteiger partial charge in [0.1, 0.15) is 11.6 Å². The van der Waals surface area contributed by atoms with Crippen LogP contribution in [0.3, 0.4) is 0 Å². The molecule has 1 unspecified atom stereocenters. The van der Waals surface area contributed by atoms with Crippen LogP contribution in [0.25, 0.3) is 0 Å². The Morgan fingerprint density at radius 2 is 1.83 bits per heavy atom. The van der Waals surface area contributed by atoms with Crippen molar-refractivity contribution in [3.05, 3.63) is 0 Å². The molecule has 2 aliphatic heterocycles. The largest absolute Gasteiger partial charge is 0.370 e. The van der Waals surface area contributed by atoms with Crippen molar-refractivity contribution >= 4 is 37.1 Å². The lowest BCUT2D eigenvalue weighted by atomic mass is 9.94. The van der Waals surface area contributed by atoms with Gasteiger partial charge in [0.25, 0.3) is 0 Å². The Bertz CT molecular complexity index is 543. The number of carbonyl (C=O) groups excluding carboxylic acids is 4. The van der Waals surface area contributed by atoms with Gasteiger partial charge in [0.2, 0.25) is 23.6 Å². The minimum atomic E-state index is -0.920. The van der Waals surface area contributed by atoms with Crippen LogP contribution < -0.4 is 17.2 Å². The van der Waals surface area contributed by atoms with Crippen molar-refractivity contribution in [3.8, 4) is 0 Å². The van der Waals surface area contributed by atoms with Crippen LogP contribution >= 0.6 is 13.5 Å². The highest BCUT2D eigenvalue weighted by Crippen LogP contribution is 2.39. The smallest absolute Gasteiger partial charge is 0.249 e. The standard InChI is InChI=1S/C14H23N5O4.H2S/c15-8-11(21)19-6-1-4-14(19)5-7-18(13(14)23)9(12(17)22)2-3-10(16)20;/h9H,1-8,15H2,(H2,16,20)(H2,17,22);1H2/t9-,14?;/m0./s1. The van der Waals surface area contributed by atoms with Crippen molar-refractivity contribution in [1.82, 2.24) is 9.80 Å². The molecule has 0 aromatic carbocycles. The van der Waals surface area contributed by atoms with Gasteiger partial charge in [-0.25, -0.2) is 0 Å². The Kier molecular flexibility index (Phi) is 6.61. The summed E-state index contributed by atoms with van der Waals surface area (Å²) in [7, 11) is 0. The lowest BCUT2D eigenvalue weighted by molar-refractivity contribution is -0.148. The lowest BCUT2D eigenvalue weighted by Crippen LogP contribution is -2.56. The van der Waals surface area contributed by atoms with Crippen LogP contribution in [0, 0.1) is 0 Å². The van der Waals surface area contributed by atoms with E-state index in [1.165, 1.54) is 9.80 Å². The molecule has 1 spiro atoms. The second-order valence-corrected chi connectivity index (χ2v) is 6.06. The fraction of sp³-hybridized carbons (Fsp3) is 0.714. The van der Waals surface area contributed by atoms with Crippen molar-refractivity contribution in [3.63, 3.8) is 0 Å². The highest BCUT2D eigenvalue weighted by Gasteiger charge is 2.56. The van der Waals surface area contributed by atoms with E-state index in [0.29, 0.717) is 32.4 Å². The highest BCUT2D eigenvalue weighted by molar-refractivity contribution is 7.59. The molecule has 4 amide bonds. The number of hydrogen-bond donors (Lipinski definition) is 3. The van der Waals surface area contributed by atoms with Gasteiger partial charge in [-0.2, -0.15) is 13.5 Å². The van der Waals surface area contributed by atoms with Gasteiger partial charge in [-0.3, -0.25) is 19.2 Å². The predicted octanol–water partition coefficient (Wildman–Crippen LogP) is -2.23. The Morgan fingerprint density at radius 1 is 1.17 bits per heavy atom. The molecule has 2 atom stereocenters. The minimum Gasteiger partial charge on any atom is -0.370 e. The third-order valence-electron chi connectivity index (χ3n) is 4.76. The molecule has 0 aromatic rings. The summed E-state index contributed by atoms with van der Waals surface area (Å²) in [4.78, 5) is 50.5.